The van der Waals surface area contributed by atoms with Crippen LogP contribution < -0.4 is 16.2 Å². The summed E-state index contributed by atoms with van der Waals surface area (Å²) in [5, 5.41) is 11.2. The Morgan fingerprint density at radius 3 is 2.46 bits per heavy atom. The fourth-order valence-corrected chi connectivity index (χ4v) is 2.12. The van der Waals surface area contributed by atoms with Crippen LogP contribution in [0, 0.1) is 0 Å². The van der Waals surface area contributed by atoms with Gasteiger partial charge in [-0.05, 0) is 30.9 Å². The largest absolute Gasteiger partial charge is 0.480 e. The molecule has 9 nitrogen and oxygen atoms in total. The molecule has 1 rings (SSSR count). The molecule has 1 heterocycles. The van der Waals surface area contributed by atoms with E-state index in [0.29, 0.717) is 0 Å². The van der Waals surface area contributed by atoms with Crippen LogP contribution in [0.4, 0.5) is 0 Å². The van der Waals surface area contributed by atoms with Crippen molar-refractivity contribution >= 4 is 23.7 Å². The zero-order valence-electron chi connectivity index (χ0n) is 14.9. The van der Waals surface area contributed by atoms with Crippen molar-refractivity contribution in [2.24, 2.45) is 0 Å². The van der Waals surface area contributed by atoms with Gasteiger partial charge in [-0.1, -0.05) is 19.4 Å². The second-order valence-corrected chi connectivity index (χ2v) is 5.79. The van der Waals surface area contributed by atoms with Crippen LogP contribution in [0.25, 0.3) is 0 Å². The molecule has 142 valence electrons. The van der Waals surface area contributed by atoms with Crippen molar-refractivity contribution in [2.75, 3.05) is 0 Å². The number of unbranched alkanes of at least 4 members (excludes halogenated alkanes) is 1. The number of aliphatic carboxylic acids is 1. The number of carboxylic acids is 1. The average molecular weight is 364 g/mol. The summed E-state index contributed by atoms with van der Waals surface area (Å²) in [6, 6.07) is 2.22. The van der Waals surface area contributed by atoms with Gasteiger partial charge in [0.1, 0.15) is 11.7 Å². The SMILES string of the molecule is CCCCc1ccc(C(=O)NNC(=O)CCC(NC(C)=O)C(=O)O)nc1. The summed E-state index contributed by atoms with van der Waals surface area (Å²) in [6.45, 7) is 3.28. The van der Waals surface area contributed by atoms with Crippen molar-refractivity contribution in [1.29, 1.82) is 0 Å². The predicted octanol–water partition coefficient (Wildman–Crippen LogP) is 0.555. The summed E-state index contributed by atoms with van der Waals surface area (Å²) >= 11 is 0. The number of aryl methyl sites for hydroxylation is 1. The molecule has 1 aromatic rings. The molecular weight excluding hydrogens is 340 g/mol. The van der Waals surface area contributed by atoms with Crippen LogP contribution >= 0.6 is 0 Å². The van der Waals surface area contributed by atoms with Gasteiger partial charge >= 0.3 is 5.97 Å². The molecule has 0 radical (unpaired) electrons. The minimum Gasteiger partial charge on any atom is -0.480 e. The van der Waals surface area contributed by atoms with Crippen LogP contribution in [0.3, 0.4) is 0 Å². The summed E-state index contributed by atoms with van der Waals surface area (Å²) in [4.78, 5) is 49.6. The number of hydrogen-bond acceptors (Lipinski definition) is 5. The molecule has 0 saturated carbocycles. The van der Waals surface area contributed by atoms with Crippen LogP contribution in [0.5, 0.6) is 0 Å². The van der Waals surface area contributed by atoms with E-state index in [9.17, 15) is 19.2 Å². The first-order valence-electron chi connectivity index (χ1n) is 8.37. The van der Waals surface area contributed by atoms with Gasteiger partial charge in [0.25, 0.3) is 5.91 Å². The van der Waals surface area contributed by atoms with E-state index in [2.05, 4.69) is 28.1 Å². The third kappa shape index (κ3) is 7.73. The number of nitrogens with one attached hydrogen (secondary N) is 3. The Kier molecular flexibility index (Phi) is 8.76. The first-order chi connectivity index (χ1) is 12.3. The molecule has 1 unspecified atom stereocenters. The van der Waals surface area contributed by atoms with Gasteiger partial charge < -0.3 is 10.4 Å². The first-order valence-corrected chi connectivity index (χ1v) is 8.37. The van der Waals surface area contributed by atoms with Crippen molar-refractivity contribution in [2.45, 2.75) is 52.0 Å². The lowest BCUT2D eigenvalue weighted by Gasteiger charge is -2.13. The van der Waals surface area contributed by atoms with Crippen molar-refractivity contribution in [3.63, 3.8) is 0 Å². The van der Waals surface area contributed by atoms with E-state index >= 15 is 0 Å². The predicted molar refractivity (Wildman–Crippen MR) is 92.9 cm³/mol. The number of nitrogens with zero attached hydrogens (tertiary/aromatic N) is 1. The van der Waals surface area contributed by atoms with E-state index in [4.69, 9.17) is 5.11 Å². The summed E-state index contributed by atoms with van der Waals surface area (Å²) in [5.74, 6) is -2.88. The summed E-state index contributed by atoms with van der Waals surface area (Å²) in [7, 11) is 0. The Labute approximate surface area is 151 Å². The average Bonchev–Trinajstić information content (AvgIpc) is 2.61. The third-order valence-corrected chi connectivity index (χ3v) is 3.53. The molecule has 0 fully saturated rings. The molecule has 0 aliphatic rings. The number of rotatable bonds is 9. The maximum absolute atomic E-state index is 11.9. The molecular formula is C17H24N4O5. The van der Waals surface area contributed by atoms with Gasteiger partial charge in [0.2, 0.25) is 11.8 Å². The van der Waals surface area contributed by atoms with Crippen LogP contribution in [-0.4, -0.2) is 39.8 Å². The van der Waals surface area contributed by atoms with E-state index in [1.165, 1.54) is 6.92 Å². The van der Waals surface area contributed by atoms with E-state index in [1.807, 2.05) is 6.07 Å². The number of amides is 3. The van der Waals surface area contributed by atoms with Gasteiger partial charge in [-0.25, -0.2) is 4.79 Å². The lowest BCUT2D eigenvalue weighted by Crippen LogP contribution is -2.44. The van der Waals surface area contributed by atoms with Gasteiger partial charge in [0.15, 0.2) is 0 Å². The molecule has 26 heavy (non-hydrogen) atoms. The quantitative estimate of drug-likeness (QED) is 0.472. The van der Waals surface area contributed by atoms with Gasteiger partial charge in [-0.3, -0.25) is 30.2 Å². The topological polar surface area (TPSA) is 137 Å². The molecule has 0 saturated heterocycles. The molecule has 0 aliphatic heterocycles. The summed E-state index contributed by atoms with van der Waals surface area (Å²) < 4.78 is 0. The second-order valence-electron chi connectivity index (χ2n) is 5.79. The standard InChI is InChI=1S/C17H24N4O5/c1-3-4-5-12-6-7-13(18-10-12)16(24)21-20-15(23)9-8-14(17(25)26)19-11(2)22/h6-7,10,14H,3-5,8-9H2,1-2H3,(H,19,22)(H,20,23)(H,21,24)(H,25,26). The maximum Gasteiger partial charge on any atom is 0.326 e. The zero-order chi connectivity index (χ0) is 19.5. The highest BCUT2D eigenvalue weighted by Crippen LogP contribution is 2.05. The molecule has 3 amide bonds. The Balaban J connectivity index is 2.42. The van der Waals surface area contributed by atoms with Crippen molar-refractivity contribution in [1.82, 2.24) is 21.2 Å². The van der Waals surface area contributed by atoms with Gasteiger partial charge in [0.05, 0.1) is 0 Å². The lowest BCUT2D eigenvalue weighted by atomic mass is 10.1. The highest BCUT2D eigenvalue weighted by Gasteiger charge is 2.19. The summed E-state index contributed by atoms with van der Waals surface area (Å²) in [5.41, 5.74) is 5.60. The molecule has 0 aromatic carbocycles. The number of pyridine rings is 1. The lowest BCUT2D eigenvalue weighted by molar-refractivity contribution is -0.141. The number of carbonyl (C=O) groups is 4. The Bertz CT molecular complexity index is 645. The van der Waals surface area contributed by atoms with Crippen LogP contribution in [0.2, 0.25) is 0 Å². The number of carboxylic acid groups (broad SMARTS) is 1. The van der Waals surface area contributed by atoms with Crippen LogP contribution in [0.1, 0.15) is 55.6 Å². The minimum absolute atomic E-state index is 0.0962. The van der Waals surface area contributed by atoms with Gasteiger partial charge in [-0.2, -0.15) is 0 Å². The highest BCUT2D eigenvalue weighted by molar-refractivity contribution is 5.93. The van der Waals surface area contributed by atoms with Gasteiger partial charge in [0, 0.05) is 19.5 Å². The maximum atomic E-state index is 11.9. The molecule has 0 spiro atoms. The van der Waals surface area contributed by atoms with Crippen LogP contribution in [0.15, 0.2) is 18.3 Å². The summed E-state index contributed by atoms with van der Waals surface area (Å²) in [6.07, 6.45) is 4.35. The van der Waals surface area contributed by atoms with Crippen molar-refractivity contribution < 1.29 is 24.3 Å². The van der Waals surface area contributed by atoms with E-state index in [0.717, 1.165) is 24.8 Å². The Morgan fingerprint density at radius 2 is 1.92 bits per heavy atom. The van der Waals surface area contributed by atoms with Crippen molar-refractivity contribution in [3.05, 3.63) is 29.6 Å². The van der Waals surface area contributed by atoms with Gasteiger partial charge in [-0.15, -0.1) is 0 Å². The highest BCUT2D eigenvalue weighted by atomic mass is 16.4. The normalized spacial score (nSPS) is 11.3. The number of hydrogen-bond donors (Lipinski definition) is 4. The fraction of sp³-hybridized carbons (Fsp3) is 0.471. The molecule has 0 aliphatic carbocycles. The monoisotopic (exact) mass is 364 g/mol. The molecule has 1 atom stereocenters. The number of carbonyl (C=O) groups excluding carboxylic acids is 3. The Morgan fingerprint density at radius 1 is 1.19 bits per heavy atom. The molecule has 9 heteroatoms. The smallest absolute Gasteiger partial charge is 0.326 e. The first kappa shape index (κ1) is 21.1. The molecule has 0 bridgehead atoms. The minimum atomic E-state index is -1.23. The van der Waals surface area contributed by atoms with E-state index in [1.54, 1.807) is 12.3 Å². The third-order valence-electron chi connectivity index (χ3n) is 3.53. The van der Waals surface area contributed by atoms with Crippen molar-refractivity contribution in [3.8, 4) is 0 Å². The number of aromatic nitrogens is 1. The number of hydrazine groups is 1. The molecule has 1 aromatic heterocycles. The Hall–Kier alpha value is -2.97. The molecule has 4 N–H and O–H groups in total. The second kappa shape index (κ2) is 10.8. The van der Waals surface area contributed by atoms with E-state index in [-0.39, 0.29) is 18.5 Å². The van der Waals surface area contributed by atoms with E-state index < -0.39 is 29.7 Å². The zero-order valence-corrected chi connectivity index (χ0v) is 14.9. The fourth-order valence-electron chi connectivity index (χ4n) is 2.12. The van der Waals surface area contributed by atoms with Crippen LogP contribution in [-0.2, 0) is 20.8 Å².